The number of nitrogens with one attached hydrogen (secondary N) is 1. The Labute approximate surface area is 112 Å². The molecule has 3 N–H and O–H groups in total. The average molecular weight is 262 g/mol. The van der Waals surface area contributed by atoms with E-state index in [-0.39, 0.29) is 11.3 Å². The van der Waals surface area contributed by atoms with Gasteiger partial charge < -0.3 is 15.5 Å². The van der Waals surface area contributed by atoms with Gasteiger partial charge in [-0.25, -0.2) is 4.79 Å². The van der Waals surface area contributed by atoms with Crippen molar-refractivity contribution in [3.8, 4) is 11.8 Å². The van der Waals surface area contributed by atoms with Crippen molar-refractivity contribution in [3.05, 3.63) is 35.4 Å². The van der Waals surface area contributed by atoms with Crippen LogP contribution in [0.15, 0.2) is 29.8 Å². The number of aromatic hydroxyl groups is 1. The minimum atomic E-state index is -1.26. The number of hydrogen-bond donors (Lipinski definition) is 3. The van der Waals surface area contributed by atoms with Crippen molar-refractivity contribution in [2.24, 2.45) is 0 Å². The molecule has 1 aromatic rings. The summed E-state index contributed by atoms with van der Waals surface area (Å²) in [6.45, 7) is 6.39. The molecule has 1 aromatic carbocycles. The molecule has 0 aliphatic rings. The largest absolute Gasteiger partial charge is 0.508 e. The zero-order valence-corrected chi connectivity index (χ0v) is 11.1. The number of hydrogen-bond acceptors (Lipinski definition) is 4. The topological polar surface area (TPSA) is 93.4 Å². The van der Waals surface area contributed by atoms with Gasteiger partial charge in [0.1, 0.15) is 17.4 Å². The molecule has 0 amide bonds. The van der Waals surface area contributed by atoms with Crippen molar-refractivity contribution in [1.29, 1.82) is 5.26 Å². The van der Waals surface area contributed by atoms with E-state index >= 15 is 0 Å². The minimum Gasteiger partial charge on any atom is -0.508 e. The molecule has 0 bridgehead atoms. The summed E-state index contributed by atoms with van der Waals surface area (Å²) in [6, 6.07) is 7.45. The third-order valence-corrected chi connectivity index (χ3v) is 2.05. The number of carbonyl (C=O) groups is 1. The third kappa shape index (κ3) is 7.58. The van der Waals surface area contributed by atoms with Gasteiger partial charge in [0.2, 0.25) is 0 Å². The van der Waals surface area contributed by atoms with Crippen LogP contribution in [0.25, 0.3) is 6.08 Å². The van der Waals surface area contributed by atoms with E-state index in [2.05, 4.69) is 19.2 Å². The fourth-order valence-corrected chi connectivity index (χ4v) is 1.13. The molecule has 0 radical (unpaired) electrons. The highest BCUT2D eigenvalue weighted by Gasteiger charge is 2.04. The first-order valence-corrected chi connectivity index (χ1v) is 5.89. The molecule has 0 heterocycles. The second kappa shape index (κ2) is 9.68. The number of phenolic OH excluding ortho intramolecular Hbond substituents is 1. The van der Waals surface area contributed by atoms with Gasteiger partial charge in [-0.3, -0.25) is 0 Å². The monoisotopic (exact) mass is 262 g/mol. The standard InChI is InChI=1S/C10H7NO3.C4H11N/c11-6-8(10(13)14)5-7-1-3-9(12)4-2-7;1-3-5-4-2/h1-5,12H,(H,13,14);5H,3-4H2,1-2H3/b8-5+;. The summed E-state index contributed by atoms with van der Waals surface area (Å²) in [4.78, 5) is 10.5. The molecule has 0 fully saturated rings. The van der Waals surface area contributed by atoms with Crippen molar-refractivity contribution in [3.63, 3.8) is 0 Å². The summed E-state index contributed by atoms with van der Waals surface area (Å²) < 4.78 is 0. The fraction of sp³-hybridized carbons (Fsp3) is 0.286. The van der Waals surface area contributed by atoms with Crippen LogP contribution in [-0.2, 0) is 4.79 Å². The van der Waals surface area contributed by atoms with Crippen molar-refractivity contribution >= 4 is 12.0 Å². The smallest absolute Gasteiger partial charge is 0.346 e. The maximum atomic E-state index is 10.5. The molecule has 0 aliphatic carbocycles. The van der Waals surface area contributed by atoms with E-state index in [4.69, 9.17) is 15.5 Å². The first-order valence-electron chi connectivity index (χ1n) is 5.89. The first-order chi connectivity index (χ1) is 9.04. The van der Waals surface area contributed by atoms with Gasteiger partial charge in [-0.2, -0.15) is 5.26 Å². The molecule has 19 heavy (non-hydrogen) atoms. The van der Waals surface area contributed by atoms with Gasteiger partial charge in [0.15, 0.2) is 0 Å². The number of nitriles is 1. The highest BCUT2D eigenvalue weighted by molar-refractivity contribution is 5.96. The van der Waals surface area contributed by atoms with Crippen LogP contribution in [0.3, 0.4) is 0 Å². The number of carboxylic acid groups (broad SMARTS) is 1. The van der Waals surface area contributed by atoms with Gasteiger partial charge in [0.05, 0.1) is 0 Å². The Morgan fingerprint density at radius 1 is 1.32 bits per heavy atom. The number of nitrogens with zero attached hydrogens (tertiary/aromatic N) is 1. The summed E-state index contributed by atoms with van der Waals surface area (Å²) in [5.74, 6) is -1.17. The Kier molecular flexibility index (Phi) is 8.50. The third-order valence-electron chi connectivity index (χ3n) is 2.05. The summed E-state index contributed by atoms with van der Waals surface area (Å²) in [6.07, 6.45) is 1.24. The minimum absolute atomic E-state index is 0.0935. The van der Waals surface area contributed by atoms with Crippen LogP contribution in [0, 0.1) is 11.3 Å². The number of aliphatic carboxylic acids is 1. The molecule has 5 nitrogen and oxygen atoms in total. The number of phenols is 1. The maximum Gasteiger partial charge on any atom is 0.346 e. The Bertz CT molecular complexity index is 457. The normalized spacial score (nSPS) is 10.1. The van der Waals surface area contributed by atoms with Crippen LogP contribution in [0.4, 0.5) is 0 Å². The summed E-state index contributed by atoms with van der Waals surface area (Å²) in [5.41, 5.74) is 0.220. The predicted molar refractivity (Wildman–Crippen MR) is 73.6 cm³/mol. The second-order valence-electron chi connectivity index (χ2n) is 3.52. The van der Waals surface area contributed by atoms with E-state index in [0.29, 0.717) is 5.56 Å². The summed E-state index contributed by atoms with van der Waals surface area (Å²) in [5, 5.41) is 29.1. The van der Waals surface area contributed by atoms with E-state index in [9.17, 15) is 4.79 Å². The van der Waals surface area contributed by atoms with Crippen LogP contribution in [-0.4, -0.2) is 29.3 Å². The molecule has 0 spiro atoms. The Morgan fingerprint density at radius 2 is 1.84 bits per heavy atom. The number of carboxylic acids is 1. The molecular formula is C14H18N2O3. The van der Waals surface area contributed by atoms with E-state index in [1.807, 2.05) is 0 Å². The Hall–Kier alpha value is -2.32. The molecule has 0 unspecified atom stereocenters. The lowest BCUT2D eigenvalue weighted by Gasteiger charge is -1.94. The molecule has 0 atom stereocenters. The Morgan fingerprint density at radius 3 is 2.16 bits per heavy atom. The maximum absolute atomic E-state index is 10.5. The molecule has 0 saturated carbocycles. The lowest BCUT2D eigenvalue weighted by atomic mass is 10.1. The van der Waals surface area contributed by atoms with Gasteiger partial charge in [-0.15, -0.1) is 0 Å². The van der Waals surface area contributed by atoms with E-state index < -0.39 is 5.97 Å². The van der Waals surface area contributed by atoms with Gasteiger partial charge in [-0.05, 0) is 36.9 Å². The lowest BCUT2D eigenvalue weighted by Crippen LogP contribution is -2.09. The molecular weight excluding hydrogens is 244 g/mol. The van der Waals surface area contributed by atoms with Crippen molar-refractivity contribution < 1.29 is 15.0 Å². The molecule has 0 saturated heterocycles. The van der Waals surface area contributed by atoms with Crippen LogP contribution in [0.2, 0.25) is 0 Å². The van der Waals surface area contributed by atoms with Gasteiger partial charge in [0, 0.05) is 0 Å². The molecule has 102 valence electrons. The van der Waals surface area contributed by atoms with Gasteiger partial charge in [0.25, 0.3) is 0 Å². The molecule has 1 rings (SSSR count). The van der Waals surface area contributed by atoms with Crippen molar-refractivity contribution in [1.82, 2.24) is 5.32 Å². The van der Waals surface area contributed by atoms with E-state index in [1.165, 1.54) is 30.3 Å². The number of benzene rings is 1. The van der Waals surface area contributed by atoms with E-state index in [0.717, 1.165) is 13.1 Å². The summed E-state index contributed by atoms with van der Waals surface area (Å²) >= 11 is 0. The highest BCUT2D eigenvalue weighted by atomic mass is 16.4. The number of rotatable bonds is 4. The second-order valence-corrected chi connectivity index (χ2v) is 3.52. The van der Waals surface area contributed by atoms with Gasteiger partial charge in [-0.1, -0.05) is 26.0 Å². The zero-order chi connectivity index (χ0) is 14.7. The van der Waals surface area contributed by atoms with Gasteiger partial charge >= 0.3 is 5.97 Å². The van der Waals surface area contributed by atoms with Crippen LogP contribution < -0.4 is 5.32 Å². The fourth-order valence-electron chi connectivity index (χ4n) is 1.13. The Balaban J connectivity index is 0.000000555. The van der Waals surface area contributed by atoms with Crippen LogP contribution in [0.1, 0.15) is 19.4 Å². The van der Waals surface area contributed by atoms with Crippen LogP contribution in [0.5, 0.6) is 5.75 Å². The average Bonchev–Trinajstić information content (AvgIpc) is 2.39. The lowest BCUT2D eigenvalue weighted by molar-refractivity contribution is -0.132. The summed E-state index contributed by atoms with van der Waals surface area (Å²) in [7, 11) is 0. The van der Waals surface area contributed by atoms with E-state index in [1.54, 1.807) is 6.07 Å². The zero-order valence-electron chi connectivity index (χ0n) is 11.1. The molecule has 0 aromatic heterocycles. The van der Waals surface area contributed by atoms with Crippen molar-refractivity contribution in [2.75, 3.05) is 13.1 Å². The molecule has 5 heteroatoms. The predicted octanol–water partition coefficient (Wildman–Crippen LogP) is 2.00. The highest BCUT2D eigenvalue weighted by Crippen LogP contribution is 2.12. The molecule has 0 aliphatic heterocycles. The SMILES string of the molecule is CCNCC.N#C/C(=C\c1ccc(O)cc1)C(=O)O. The van der Waals surface area contributed by atoms with Crippen molar-refractivity contribution in [2.45, 2.75) is 13.8 Å². The van der Waals surface area contributed by atoms with Crippen LogP contribution >= 0.6 is 0 Å². The first kappa shape index (κ1) is 16.7. The quantitative estimate of drug-likeness (QED) is 0.570.